The Kier molecular flexibility index (Phi) is 29.1. The molecule has 0 saturated carbocycles. The van der Waals surface area contributed by atoms with Gasteiger partial charge in [-0.1, -0.05) is 155 Å². The van der Waals surface area contributed by atoms with Crippen molar-refractivity contribution in [1.82, 2.24) is 5.32 Å². The fourth-order valence-corrected chi connectivity index (χ4v) is 7.76. The van der Waals surface area contributed by atoms with E-state index in [4.69, 9.17) is 18.9 Å². The number of aliphatic hydroxyl groups is 8. The first kappa shape index (κ1) is 52.1. The average Bonchev–Trinajstić information content (AvgIpc) is 3.21. The average molecular weight is 822 g/mol. The summed E-state index contributed by atoms with van der Waals surface area (Å²) >= 11 is 0. The van der Waals surface area contributed by atoms with Crippen LogP contribution in [0.5, 0.6) is 0 Å². The van der Waals surface area contributed by atoms with Gasteiger partial charge in [0.25, 0.3) is 0 Å². The molecular weight excluding hydrogens is 738 g/mol. The second-order valence-corrected chi connectivity index (χ2v) is 16.5. The SMILES string of the molecule is CCCCCCCCCCCCCCCCCCC(=O)NC(COC1OC(CO)C(OC2OC(CO)C(O)C(O)C2O)C(O)C1O)C(O)CCCCCCCCC. The van der Waals surface area contributed by atoms with Crippen molar-refractivity contribution in [1.29, 1.82) is 0 Å². The van der Waals surface area contributed by atoms with Gasteiger partial charge >= 0.3 is 0 Å². The molecule has 0 aromatic heterocycles. The van der Waals surface area contributed by atoms with E-state index in [-0.39, 0.29) is 12.5 Å². The van der Waals surface area contributed by atoms with E-state index in [2.05, 4.69) is 19.2 Å². The number of hydrogen-bond donors (Lipinski definition) is 9. The molecule has 2 saturated heterocycles. The van der Waals surface area contributed by atoms with Crippen molar-refractivity contribution in [3.05, 3.63) is 0 Å². The molecule has 1 amide bonds. The van der Waals surface area contributed by atoms with Crippen molar-refractivity contribution in [2.45, 2.75) is 248 Å². The maximum absolute atomic E-state index is 13.1. The van der Waals surface area contributed by atoms with Crippen molar-refractivity contribution >= 4 is 5.91 Å². The Morgan fingerprint density at radius 2 is 1.00 bits per heavy atom. The molecule has 0 radical (unpaired) electrons. The lowest BCUT2D eigenvalue weighted by atomic mass is 9.97. The van der Waals surface area contributed by atoms with Crippen LogP contribution in [0.1, 0.15) is 174 Å². The zero-order chi connectivity index (χ0) is 41.8. The Hall–Kier alpha value is -1.01. The van der Waals surface area contributed by atoms with Gasteiger partial charge in [0, 0.05) is 6.42 Å². The van der Waals surface area contributed by atoms with Crippen molar-refractivity contribution in [3.63, 3.8) is 0 Å². The predicted octanol–water partition coefficient (Wildman–Crippen LogP) is 4.27. The Morgan fingerprint density at radius 3 is 1.49 bits per heavy atom. The molecule has 12 atom stereocenters. The fraction of sp³-hybridized carbons (Fsp3) is 0.977. The topological polar surface area (TPSA) is 228 Å². The first-order chi connectivity index (χ1) is 27.6. The first-order valence-corrected chi connectivity index (χ1v) is 22.8. The Balaban J connectivity index is 1.82. The third-order valence-electron chi connectivity index (χ3n) is 11.6. The molecule has 2 rings (SSSR count). The molecule has 9 N–H and O–H groups in total. The minimum Gasteiger partial charge on any atom is -0.394 e. The summed E-state index contributed by atoms with van der Waals surface area (Å²) in [5.41, 5.74) is 0. The van der Waals surface area contributed by atoms with Crippen LogP contribution in [0.4, 0.5) is 0 Å². The smallest absolute Gasteiger partial charge is 0.220 e. The number of aliphatic hydroxyl groups excluding tert-OH is 8. The molecule has 0 bridgehead atoms. The number of rotatable bonds is 34. The van der Waals surface area contributed by atoms with Gasteiger partial charge in [0.1, 0.15) is 48.8 Å². The highest BCUT2D eigenvalue weighted by Gasteiger charge is 2.51. The Morgan fingerprint density at radius 1 is 0.561 bits per heavy atom. The predicted molar refractivity (Wildman–Crippen MR) is 217 cm³/mol. The Labute approximate surface area is 343 Å². The number of unbranched alkanes of at least 4 members (excludes halogenated alkanes) is 21. The summed E-state index contributed by atoms with van der Waals surface area (Å²) in [4.78, 5) is 13.1. The van der Waals surface area contributed by atoms with Crippen LogP contribution < -0.4 is 5.32 Å². The van der Waals surface area contributed by atoms with Crippen LogP contribution in [0.2, 0.25) is 0 Å². The van der Waals surface area contributed by atoms with E-state index >= 15 is 0 Å². The summed E-state index contributed by atoms with van der Waals surface area (Å²) in [5, 5.41) is 86.3. The van der Waals surface area contributed by atoms with Crippen molar-refractivity contribution in [2.75, 3.05) is 19.8 Å². The van der Waals surface area contributed by atoms with Crippen LogP contribution in [0.3, 0.4) is 0 Å². The van der Waals surface area contributed by atoms with Gasteiger partial charge in [0.05, 0.1) is 32.0 Å². The van der Waals surface area contributed by atoms with Gasteiger partial charge in [0.2, 0.25) is 5.91 Å². The molecule has 0 aliphatic carbocycles. The number of ether oxygens (including phenoxy) is 4. The molecule has 2 fully saturated rings. The largest absolute Gasteiger partial charge is 0.394 e. The standard InChI is InChI=1S/C43H83NO13/c1-3-5-7-9-11-12-13-14-15-16-17-18-19-21-23-25-27-35(48)44-31(32(47)26-24-22-20-10-8-6-4-2)30-54-42-40(53)38(51)41(34(29-46)56-42)57-43-39(52)37(50)36(49)33(28-45)55-43/h31-34,36-43,45-47,49-53H,3-30H2,1-2H3,(H,44,48). The maximum Gasteiger partial charge on any atom is 0.220 e. The summed E-state index contributed by atoms with van der Waals surface area (Å²) in [6, 6.07) is -0.817. The monoisotopic (exact) mass is 822 g/mol. The number of carbonyl (C=O) groups excluding carboxylic acids is 1. The van der Waals surface area contributed by atoms with Gasteiger partial charge < -0.3 is 65.1 Å². The summed E-state index contributed by atoms with van der Waals surface area (Å²) in [6.07, 6.45) is 11.4. The lowest BCUT2D eigenvalue weighted by molar-refractivity contribution is -0.359. The van der Waals surface area contributed by atoms with E-state index in [1.54, 1.807) is 0 Å². The second-order valence-electron chi connectivity index (χ2n) is 16.5. The third kappa shape index (κ3) is 20.4. The van der Waals surface area contributed by atoms with E-state index in [9.17, 15) is 45.6 Å². The molecule has 0 spiro atoms. The van der Waals surface area contributed by atoms with Gasteiger partial charge in [-0.25, -0.2) is 0 Å². The van der Waals surface area contributed by atoms with Crippen molar-refractivity contribution < 1.29 is 64.6 Å². The summed E-state index contributed by atoms with van der Waals surface area (Å²) in [5.74, 6) is -0.209. The molecule has 14 heteroatoms. The molecular formula is C43H83NO13. The third-order valence-corrected chi connectivity index (χ3v) is 11.6. The molecule has 57 heavy (non-hydrogen) atoms. The van der Waals surface area contributed by atoms with Gasteiger partial charge in [-0.2, -0.15) is 0 Å². The normalized spacial score (nSPS) is 29.0. The minimum absolute atomic E-state index is 0.209. The lowest BCUT2D eigenvalue weighted by Gasteiger charge is -2.46. The van der Waals surface area contributed by atoms with Gasteiger partial charge in [0.15, 0.2) is 12.6 Å². The maximum atomic E-state index is 13.1. The number of hydrogen-bond acceptors (Lipinski definition) is 13. The molecule has 2 aliphatic rings. The molecule has 2 heterocycles. The molecule has 0 aromatic rings. The lowest BCUT2D eigenvalue weighted by Crippen LogP contribution is -2.65. The molecule has 2 aliphatic heterocycles. The van der Waals surface area contributed by atoms with E-state index in [0.717, 1.165) is 51.4 Å². The second kappa shape index (κ2) is 31.8. The first-order valence-electron chi connectivity index (χ1n) is 22.8. The quantitative estimate of drug-likeness (QED) is 0.0414. The van der Waals surface area contributed by atoms with E-state index in [1.165, 1.54) is 96.3 Å². The highest BCUT2D eigenvalue weighted by atomic mass is 16.7. The molecule has 0 aromatic carbocycles. The van der Waals surface area contributed by atoms with Crippen LogP contribution in [0.15, 0.2) is 0 Å². The van der Waals surface area contributed by atoms with Crippen LogP contribution >= 0.6 is 0 Å². The van der Waals surface area contributed by atoms with E-state index in [0.29, 0.717) is 12.8 Å². The zero-order valence-electron chi connectivity index (χ0n) is 35.3. The highest BCUT2D eigenvalue weighted by Crippen LogP contribution is 2.30. The minimum atomic E-state index is -1.78. The summed E-state index contributed by atoms with van der Waals surface area (Å²) in [7, 11) is 0. The van der Waals surface area contributed by atoms with Crippen LogP contribution in [-0.4, -0.2) is 140 Å². The Bertz CT molecular complexity index is 977. The molecule has 14 nitrogen and oxygen atoms in total. The molecule has 12 unspecified atom stereocenters. The number of nitrogens with one attached hydrogen (secondary N) is 1. The number of amides is 1. The van der Waals surface area contributed by atoms with Crippen LogP contribution in [-0.2, 0) is 23.7 Å². The van der Waals surface area contributed by atoms with Gasteiger partial charge in [-0.05, 0) is 12.8 Å². The molecule has 338 valence electrons. The van der Waals surface area contributed by atoms with Crippen molar-refractivity contribution in [2.24, 2.45) is 0 Å². The summed E-state index contributed by atoms with van der Waals surface area (Å²) in [6.45, 7) is 2.79. The van der Waals surface area contributed by atoms with Crippen molar-refractivity contribution in [3.8, 4) is 0 Å². The van der Waals surface area contributed by atoms with Crippen LogP contribution in [0, 0.1) is 0 Å². The van der Waals surface area contributed by atoms with E-state index in [1.807, 2.05) is 0 Å². The highest BCUT2D eigenvalue weighted by molar-refractivity contribution is 5.76. The van der Waals surface area contributed by atoms with Crippen LogP contribution in [0.25, 0.3) is 0 Å². The fourth-order valence-electron chi connectivity index (χ4n) is 7.76. The van der Waals surface area contributed by atoms with Gasteiger partial charge in [-0.3, -0.25) is 4.79 Å². The summed E-state index contributed by atoms with van der Waals surface area (Å²) < 4.78 is 22.6. The number of carbonyl (C=O) groups is 1. The van der Waals surface area contributed by atoms with E-state index < -0.39 is 86.8 Å². The van der Waals surface area contributed by atoms with Gasteiger partial charge in [-0.15, -0.1) is 0 Å². The zero-order valence-corrected chi connectivity index (χ0v) is 35.3.